The van der Waals surface area contributed by atoms with Gasteiger partial charge in [0, 0.05) is 7.05 Å². The van der Waals surface area contributed by atoms with E-state index in [0.717, 1.165) is 31.7 Å². The summed E-state index contributed by atoms with van der Waals surface area (Å²) in [7, 11) is 3.17. The van der Waals surface area contributed by atoms with Gasteiger partial charge in [0.05, 0.1) is 13.2 Å². The van der Waals surface area contributed by atoms with Crippen molar-refractivity contribution >= 4 is 11.9 Å². The Morgan fingerprint density at radius 1 is 1.30 bits per heavy atom. The Hall–Kier alpha value is -2.08. The van der Waals surface area contributed by atoms with Gasteiger partial charge in [0.1, 0.15) is 5.75 Å². The van der Waals surface area contributed by atoms with Crippen molar-refractivity contribution in [1.29, 1.82) is 0 Å². The molecule has 6 nitrogen and oxygen atoms in total. The highest BCUT2D eigenvalue weighted by atomic mass is 16.5. The molecule has 1 fully saturated rings. The molecule has 0 bridgehead atoms. The molecule has 0 aromatic heterocycles. The second-order valence-electron chi connectivity index (χ2n) is 5.83. The predicted molar refractivity (Wildman–Crippen MR) is 88.6 cm³/mol. The maximum atomic E-state index is 12.0. The van der Waals surface area contributed by atoms with Crippen LogP contribution in [0.5, 0.6) is 5.75 Å². The van der Waals surface area contributed by atoms with E-state index >= 15 is 0 Å². The first kappa shape index (κ1) is 17.3. The van der Waals surface area contributed by atoms with Gasteiger partial charge in [-0.25, -0.2) is 4.79 Å². The Bertz CT molecular complexity index is 554. The molecule has 6 heteroatoms. The first-order chi connectivity index (χ1) is 11.0. The zero-order valence-electron chi connectivity index (χ0n) is 14.0. The Morgan fingerprint density at radius 3 is 2.61 bits per heavy atom. The molecular weight excluding hydrogens is 294 g/mol. The Labute approximate surface area is 137 Å². The number of rotatable bonds is 4. The molecule has 1 atom stereocenters. The van der Waals surface area contributed by atoms with E-state index in [1.165, 1.54) is 12.6 Å². The van der Waals surface area contributed by atoms with Crippen LogP contribution in [0.15, 0.2) is 24.3 Å². The van der Waals surface area contributed by atoms with Crippen LogP contribution in [-0.2, 0) is 4.79 Å². The third-order valence-electron chi connectivity index (χ3n) is 4.49. The van der Waals surface area contributed by atoms with Gasteiger partial charge in [-0.3, -0.25) is 15.0 Å². The second kappa shape index (κ2) is 7.97. The lowest BCUT2D eigenvalue weighted by Gasteiger charge is -2.35. The van der Waals surface area contributed by atoms with E-state index in [1.807, 2.05) is 19.1 Å². The molecule has 0 unspecified atom stereocenters. The summed E-state index contributed by atoms with van der Waals surface area (Å²) >= 11 is 0. The molecule has 126 valence electrons. The van der Waals surface area contributed by atoms with Gasteiger partial charge >= 0.3 is 6.03 Å². The van der Waals surface area contributed by atoms with Gasteiger partial charge in [-0.05, 0) is 56.5 Å². The lowest BCUT2D eigenvalue weighted by Crippen LogP contribution is -2.50. The van der Waals surface area contributed by atoms with E-state index in [1.54, 1.807) is 7.11 Å². The highest BCUT2D eigenvalue weighted by molar-refractivity contribution is 5.96. The van der Waals surface area contributed by atoms with Gasteiger partial charge in [-0.2, -0.15) is 0 Å². The minimum Gasteiger partial charge on any atom is -0.497 e. The summed E-state index contributed by atoms with van der Waals surface area (Å²) in [6, 6.07) is 7.41. The summed E-state index contributed by atoms with van der Waals surface area (Å²) in [6.45, 7) is 3.51. The fraction of sp³-hybridized carbons (Fsp3) is 0.529. The Morgan fingerprint density at radius 2 is 2.00 bits per heavy atom. The molecule has 1 aromatic carbocycles. The molecule has 0 aliphatic carbocycles. The first-order valence-corrected chi connectivity index (χ1v) is 7.95. The number of benzene rings is 1. The van der Waals surface area contributed by atoms with Crippen molar-refractivity contribution in [1.82, 2.24) is 15.5 Å². The average Bonchev–Trinajstić information content (AvgIpc) is 2.61. The van der Waals surface area contributed by atoms with E-state index in [4.69, 9.17) is 4.74 Å². The van der Waals surface area contributed by atoms with Crippen molar-refractivity contribution in [3.05, 3.63) is 29.8 Å². The molecule has 23 heavy (non-hydrogen) atoms. The van der Waals surface area contributed by atoms with Gasteiger partial charge in [-0.1, -0.05) is 12.1 Å². The molecule has 2 rings (SSSR count). The number of hydrogen-bond donors (Lipinski definition) is 2. The monoisotopic (exact) mass is 319 g/mol. The van der Waals surface area contributed by atoms with E-state index in [9.17, 15) is 9.59 Å². The summed E-state index contributed by atoms with van der Waals surface area (Å²) < 4.78 is 5.28. The number of imide groups is 1. The van der Waals surface area contributed by atoms with Crippen molar-refractivity contribution in [2.45, 2.75) is 31.7 Å². The number of carbonyl (C=O) groups excluding carboxylic acids is 2. The maximum Gasteiger partial charge on any atom is 0.321 e. The van der Waals surface area contributed by atoms with Gasteiger partial charge in [0.2, 0.25) is 5.91 Å². The van der Waals surface area contributed by atoms with Crippen LogP contribution in [-0.4, -0.2) is 50.1 Å². The number of urea groups is 1. The molecule has 0 spiro atoms. The van der Waals surface area contributed by atoms with Crippen LogP contribution in [0.3, 0.4) is 0 Å². The fourth-order valence-corrected chi connectivity index (χ4v) is 2.96. The molecular formula is C17H25N3O3. The number of nitrogens with zero attached hydrogens (tertiary/aromatic N) is 1. The van der Waals surface area contributed by atoms with Crippen LogP contribution >= 0.6 is 0 Å². The van der Waals surface area contributed by atoms with Crippen LogP contribution in [0.25, 0.3) is 0 Å². The van der Waals surface area contributed by atoms with Crippen LogP contribution < -0.4 is 15.4 Å². The molecule has 1 aliphatic rings. The molecule has 1 heterocycles. The fourth-order valence-electron chi connectivity index (χ4n) is 2.96. The van der Waals surface area contributed by atoms with Gasteiger partial charge in [0.15, 0.2) is 0 Å². The highest BCUT2D eigenvalue weighted by Gasteiger charge is 2.28. The quantitative estimate of drug-likeness (QED) is 0.886. The second-order valence-corrected chi connectivity index (χ2v) is 5.83. The Balaban J connectivity index is 1.90. The summed E-state index contributed by atoms with van der Waals surface area (Å²) in [4.78, 5) is 25.4. The number of methoxy groups -OCH3 is 1. The molecule has 1 aromatic rings. The normalized spacial score (nSPS) is 17.3. The van der Waals surface area contributed by atoms with Crippen LogP contribution in [0.4, 0.5) is 4.79 Å². The first-order valence-electron chi connectivity index (χ1n) is 7.95. The molecule has 1 aliphatic heterocycles. The number of piperidine rings is 1. The summed E-state index contributed by atoms with van der Waals surface area (Å²) in [5, 5.41) is 4.73. The highest BCUT2D eigenvalue weighted by Crippen LogP contribution is 2.30. The van der Waals surface area contributed by atoms with Gasteiger partial charge < -0.3 is 10.1 Å². The van der Waals surface area contributed by atoms with Crippen molar-refractivity contribution < 1.29 is 14.3 Å². The Kier molecular flexibility index (Phi) is 5.98. The summed E-state index contributed by atoms with van der Waals surface area (Å²) in [5.41, 5.74) is 1.28. The topological polar surface area (TPSA) is 70.7 Å². The van der Waals surface area contributed by atoms with Crippen molar-refractivity contribution in [3.63, 3.8) is 0 Å². The number of likely N-dealkylation sites (tertiary alicyclic amines) is 1. The van der Waals surface area contributed by atoms with Crippen LogP contribution in [0.2, 0.25) is 0 Å². The smallest absolute Gasteiger partial charge is 0.321 e. The number of amides is 3. The van der Waals surface area contributed by atoms with Gasteiger partial charge in [-0.15, -0.1) is 0 Å². The zero-order valence-corrected chi connectivity index (χ0v) is 14.0. The minimum absolute atomic E-state index is 0.260. The number of carbonyl (C=O) groups is 2. The third-order valence-corrected chi connectivity index (χ3v) is 4.49. The summed E-state index contributed by atoms with van der Waals surface area (Å²) in [5.74, 6) is 1.10. The molecule has 0 saturated carbocycles. The van der Waals surface area contributed by atoms with E-state index in [2.05, 4.69) is 27.7 Å². The SMILES string of the molecule is CNC(=O)NC(=O)[C@H](C)N1CCC(c2cccc(OC)c2)CC1. The van der Waals surface area contributed by atoms with Crippen LogP contribution in [0, 0.1) is 0 Å². The third kappa shape index (κ3) is 4.45. The minimum atomic E-state index is -0.465. The summed E-state index contributed by atoms with van der Waals surface area (Å²) in [6.07, 6.45) is 1.98. The van der Waals surface area contributed by atoms with Crippen LogP contribution in [0.1, 0.15) is 31.2 Å². The van der Waals surface area contributed by atoms with Gasteiger partial charge in [0.25, 0.3) is 0 Å². The average molecular weight is 319 g/mol. The number of ether oxygens (including phenoxy) is 1. The predicted octanol–water partition coefficient (Wildman–Crippen LogP) is 1.72. The van der Waals surface area contributed by atoms with Crippen molar-refractivity contribution in [2.24, 2.45) is 0 Å². The molecule has 3 amide bonds. The number of nitrogens with one attached hydrogen (secondary N) is 2. The lowest BCUT2D eigenvalue weighted by atomic mass is 9.89. The standard InChI is InChI=1S/C17H25N3O3/c1-12(16(21)19-17(22)18-2)20-9-7-13(8-10-20)14-5-4-6-15(11-14)23-3/h4-6,11-13H,7-10H2,1-3H3,(H2,18,19,21,22)/t12-/m0/s1. The largest absolute Gasteiger partial charge is 0.497 e. The maximum absolute atomic E-state index is 12.0. The van der Waals surface area contributed by atoms with E-state index in [-0.39, 0.29) is 11.9 Å². The molecule has 2 N–H and O–H groups in total. The zero-order chi connectivity index (χ0) is 16.8. The molecule has 0 radical (unpaired) electrons. The van der Waals surface area contributed by atoms with E-state index < -0.39 is 6.03 Å². The lowest BCUT2D eigenvalue weighted by molar-refractivity contribution is -0.125. The number of hydrogen-bond acceptors (Lipinski definition) is 4. The van der Waals surface area contributed by atoms with E-state index in [0.29, 0.717) is 5.92 Å². The molecule has 1 saturated heterocycles. The van der Waals surface area contributed by atoms with Crippen molar-refractivity contribution in [2.75, 3.05) is 27.2 Å². The van der Waals surface area contributed by atoms with Crippen molar-refractivity contribution in [3.8, 4) is 5.75 Å².